The summed E-state index contributed by atoms with van der Waals surface area (Å²) in [6.45, 7) is 1.58. The number of piperazine rings is 1. The largest absolute Gasteiger partial charge is 0.480 e. The fourth-order valence-corrected chi connectivity index (χ4v) is 2.16. The van der Waals surface area contributed by atoms with Crippen LogP contribution < -0.4 is 15.9 Å². The van der Waals surface area contributed by atoms with E-state index in [0.717, 1.165) is 0 Å². The standard InChI is InChI=1S/C10H12N6O3/c17-9(18)6-4-11-1-2-15(6)7-3-8-13-14-10(19)16(8)5-12-7/h3,5-6,11H,1-2,4H2,(H,14,19)(H,17,18). The first kappa shape index (κ1) is 11.7. The molecule has 0 aliphatic carbocycles. The number of carboxylic acid groups (broad SMARTS) is 1. The van der Waals surface area contributed by atoms with E-state index >= 15 is 0 Å². The summed E-state index contributed by atoms with van der Waals surface area (Å²) in [7, 11) is 0. The summed E-state index contributed by atoms with van der Waals surface area (Å²) in [4.78, 5) is 28.4. The van der Waals surface area contributed by atoms with Gasteiger partial charge in [-0.05, 0) is 0 Å². The smallest absolute Gasteiger partial charge is 0.348 e. The number of H-pyrrole nitrogens is 1. The molecule has 2 aromatic rings. The highest BCUT2D eigenvalue weighted by Crippen LogP contribution is 2.16. The zero-order valence-electron chi connectivity index (χ0n) is 9.91. The van der Waals surface area contributed by atoms with E-state index < -0.39 is 12.0 Å². The highest BCUT2D eigenvalue weighted by atomic mass is 16.4. The van der Waals surface area contributed by atoms with E-state index in [1.54, 1.807) is 11.0 Å². The van der Waals surface area contributed by atoms with Crippen LogP contribution in [0.25, 0.3) is 5.65 Å². The van der Waals surface area contributed by atoms with Crippen molar-refractivity contribution in [3.63, 3.8) is 0 Å². The molecule has 3 heterocycles. The maximum atomic E-state index is 11.3. The summed E-state index contributed by atoms with van der Waals surface area (Å²) >= 11 is 0. The van der Waals surface area contributed by atoms with Gasteiger partial charge in [-0.1, -0.05) is 0 Å². The Hall–Kier alpha value is -2.42. The molecule has 0 aromatic carbocycles. The van der Waals surface area contributed by atoms with Crippen molar-refractivity contribution in [1.29, 1.82) is 0 Å². The number of aromatic amines is 1. The van der Waals surface area contributed by atoms with Gasteiger partial charge in [-0.3, -0.25) is 0 Å². The monoisotopic (exact) mass is 264 g/mol. The highest BCUT2D eigenvalue weighted by Gasteiger charge is 2.29. The van der Waals surface area contributed by atoms with E-state index in [2.05, 4.69) is 20.5 Å². The van der Waals surface area contributed by atoms with Crippen LogP contribution in [0.1, 0.15) is 0 Å². The van der Waals surface area contributed by atoms with Crippen molar-refractivity contribution in [1.82, 2.24) is 24.9 Å². The Morgan fingerprint density at radius 3 is 3.16 bits per heavy atom. The molecule has 0 spiro atoms. The number of anilines is 1. The van der Waals surface area contributed by atoms with Crippen LogP contribution in [0.3, 0.4) is 0 Å². The van der Waals surface area contributed by atoms with Gasteiger partial charge in [0.05, 0.1) is 0 Å². The van der Waals surface area contributed by atoms with Crippen LogP contribution in [-0.4, -0.2) is 56.3 Å². The third-order valence-corrected chi connectivity index (χ3v) is 3.12. The van der Waals surface area contributed by atoms with E-state index in [1.165, 1.54) is 10.7 Å². The number of fused-ring (bicyclic) bond motifs is 1. The fourth-order valence-electron chi connectivity index (χ4n) is 2.16. The normalized spacial score (nSPS) is 19.8. The zero-order valence-corrected chi connectivity index (χ0v) is 9.91. The first-order chi connectivity index (χ1) is 9.16. The molecule has 1 atom stereocenters. The quantitative estimate of drug-likeness (QED) is 0.591. The lowest BCUT2D eigenvalue weighted by Gasteiger charge is -2.34. The molecule has 19 heavy (non-hydrogen) atoms. The number of nitrogens with one attached hydrogen (secondary N) is 2. The Labute approximate surface area is 106 Å². The number of hydrogen-bond donors (Lipinski definition) is 3. The van der Waals surface area contributed by atoms with Gasteiger partial charge in [0.1, 0.15) is 18.2 Å². The molecule has 0 radical (unpaired) electrons. The van der Waals surface area contributed by atoms with Crippen LogP contribution in [0.15, 0.2) is 17.2 Å². The minimum atomic E-state index is -0.909. The Morgan fingerprint density at radius 1 is 1.53 bits per heavy atom. The molecule has 1 fully saturated rings. The van der Waals surface area contributed by atoms with Crippen LogP contribution in [0.2, 0.25) is 0 Å². The molecular formula is C10H12N6O3. The molecular weight excluding hydrogens is 252 g/mol. The van der Waals surface area contributed by atoms with Gasteiger partial charge in [-0.2, -0.15) is 5.10 Å². The second kappa shape index (κ2) is 4.35. The summed E-state index contributed by atoms with van der Waals surface area (Å²) in [6.07, 6.45) is 1.34. The van der Waals surface area contributed by atoms with Gasteiger partial charge >= 0.3 is 11.7 Å². The Kier molecular flexibility index (Phi) is 2.67. The third kappa shape index (κ3) is 1.93. The van der Waals surface area contributed by atoms with Crippen molar-refractivity contribution in [3.8, 4) is 0 Å². The van der Waals surface area contributed by atoms with E-state index in [9.17, 15) is 14.7 Å². The second-order valence-electron chi connectivity index (χ2n) is 4.26. The van der Waals surface area contributed by atoms with Gasteiger partial charge in [0.25, 0.3) is 0 Å². The van der Waals surface area contributed by atoms with Crippen molar-refractivity contribution < 1.29 is 9.90 Å². The number of hydrogen-bond acceptors (Lipinski definition) is 6. The lowest BCUT2D eigenvalue weighted by molar-refractivity contribution is -0.138. The van der Waals surface area contributed by atoms with Crippen molar-refractivity contribution in [2.75, 3.05) is 24.5 Å². The van der Waals surface area contributed by atoms with Crippen LogP contribution in [0.5, 0.6) is 0 Å². The van der Waals surface area contributed by atoms with E-state index in [0.29, 0.717) is 31.1 Å². The number of carbonyl (C=O) groups is 1. The van der Waals surface area contributed by atoms with Gasteiger partial charge in [0.2, 0.25) is 0 Å². The summed E-state index contributed by atoms with van der Waals surface area (Å²) < 4.78 is 1.27. The van der Waals surface area contributed by atoms with Gasteiger partial charge in [-0.25, -0.2) is 24.1 Å². The summed E-state index contributed by atoms with van der Waals surface area (Å²) in [5.74, 6) is -0.409. The minimum Gasteiger partial charge on any atom is -0.480 e. The molecule has 1 saturated heterocycles. The zero-order chi connectivity index (χ0) is 13.4. The van der Waals surface area contributed by atoms with Crippen molar-refractivity contribution >= 4 is 17.4 Å². The number of nitrogens with zero attached hydrogens (tertiary/aromatic N) is 4. The molecule has 1 unspecified atom stereocenters. The van der Waals surface area contributed by atoms with Crippen molar-refractivity contribution in [2.45, 2.75) is 6.04 Å². The lowest BCUT2D eigenvalue weighted by Crippen LogP contribution is -2.55. The first-order valence-electron chi connectivity index (χ1n) is 5.80. The van der Waals surface area contributed by atoms with Gasteiger partial charge in [0, 0.05) is 25.7 Å². The Balaban J connectivity index is 2.02. The van der Waals surface area contributed by atoms with E-state index in [-0.39, 0.29) is 5.69 Å². The molecule has 2 aromatic heterocycles. The summed E-state index contributed by atoms with van der Waals surface area (Å²) in [5, 5.41) is 18.4. The van der Waals surface area contributed by atoms with Crippen LogP contribution >= 0.6 is 0 Å². The molecule has 0 bridgehead atoms. The summed E-state index contributed by atoms with van der Waals surface area (Å²) in [6, 6.07) is 0.925. The van der Waals surface area contributed by atoms with Gasteiger partial charge in [-0.15, -0.1) is 0 Å². The third-order valence-electron chi connectivity index (χ3n) is 3.12. The Bertz CT molecular complexity index is 677. The molecule has 3 N–H and O–H groups in total. The predicted octanol–water partition coefficient (Wildman–Crippen LogP) is -1.72. The van der Waals surface area contributed by atoms with Crippen LogP contribution in [0, 0.1) is 0 Å². The molecule has 0 saturated carbocycles. The van der Waals surface area contributed by atoms with Gasteiger partial charge in [0.15, 0.2) is 5.65 Å². The molecule has 1 aliphatic heterocycles. The van der Waals surface area contributed by atoms with E-state index in [1.807, 2.05) is 0 Å². The van der Waals surface area contributed by atoms with Crippen LogP contribution in [-0.2, 0) is 4.79 Å². The lowest BCUT2D eigenvalue weighted by atomic mass is 10.2. The average molecular weight is 264 g/mol. The topological polar surface area (TPSA) is 116 Å². The fraction of sp³-hybridized carbons (Fsp3) is 0.400. The second-order valence-corrected chi connectivity index (χ2v) is 4.26. The van der Waals surface area contributed by atoms with E-state index in [4.69, 9.17) is 0 Å². The first-order valence-corrected chi connectivity index (χ1v) is 5.80. The van der Waals surface area contributed by atoms with Crippen molar-refractivity contribution in [2.24, 2.45) is 0 Å². The van der Waals surface area contributed by atoms with Crippen LogP contribution in [0.4, 0.5) is 5.82 Å². The number of rotatable bonds is 2. The number of carboxylic acids is 1. The highest BCUT2D eigenvalue weighted by molar-refractivity contribution is 5.78. The Morgan fingerprint density at radius 2 is 2.37 bits per heavy atom. The maximum Gasteiger partial charge on any atom is 0.348 e. The number of aliphatic carboxylic acids is 1. The number of aromatic nitrogens is 4. The molecule has 100 valence electrons. The summed E-state index contributed by atoms with van der Waals surface area (Å²) in [5.41, 5.74) is 0.0433. The molecule has 0 amide bonds. The molecule has 3 rings (SSSR count). The van der Waals surface area contributed by atoms with Gasteiger partial charge < -0.3 is 15.3 Å². The maximum absolute atomic E-state index is 11.3. The molecule has 1 aliphatic rings. The van der Waals surface area contributed by atoms with Crippen molar-refractivity contribution in [3.05, 3.63) is 22.9 Å². The minimum absolute atomic E-state index is 0.357. The average Bonchev–Trinajstić information content (AvgIpc) is 2.80. The molecule has 9 heteroatoms. The molecule has 9 nitrogen and oxygen atoms in total. The SMILES string of the molecule is O=C(O)C1CNCCN1c1cc2n[nH]c(=O)n2cn1. The predicted molar refractivity (Wildman–Crippen MR) is 65.2 cm³/mol.